The van der Waals surface area contributed by atoms with Crippen molar-refractivity contribution in [2.75, 3.05) is 18.0 Å². The zero-order chi connectivity index (χ0) is 10.8. The lowest BCUT2D eigenvalue weighted by atomic mass is 9.78. The molecular formula is C10H13BClNO2. The molecule has 0 aromatic heterocycles. The highest BCUT2D eigenvalue weighted by Gasteiger charge is 2.22. The van der Waals surface area contributed by atoms with Gasteiger partial charge in [-0.1, -0.05) is 11.6 Å². The van der Waals surface area contributed by atoms with Gasteiger partial charge in [0.2, 0.25) is 0 Å². The minimum Gasteiger partial charge on any atom is -0.423 e. The molecule has 1 fully saturated rings. The first-order valence-electron chi connectivity index (χ1n) is 5.09. The van der Waals surface area contributed by atoms with E-state index in [1.165, 1.54) is 0 Å². The summed E-state index contributed by atoms with van der Waals surface area (Å²) in [4.78, 5) is 2.16. The van der Waals surface area contributed by atoms with Crippen molar-refractivity contribution in [3.63, 3.8) is 0 Å². The number of benzene rings is 1. The summed E-state index contributed by atoms with van der Waals surface area (Å²) < 4.78 is 0. The van der Waals surface area contributed by atoms with Crippen LogP contribution in [0.2, 0.25) is 5.02 Å². The molecule has 0 atom stereocenters. The van der Waals surface area contributed by atoms with E-state index in [9.17, 15) is 10.0 Å². The predicted molar refractivity (Wildman–Crippen MR) is 62.7 cm³/mol. The highest BCUT2D eigenvalue weighted by molar-refractivity contribution is 6.61. The van der Waals surface area contributed by atoms with Gasteiger partial charge in [-0.15, -0.1) is 0 Å². The standard InChI is InChI=1S/C10H13BClNO2/c12-8-3-4-10(9(7-8)11(14)15)13-5-1-2-6-13/h3-4,7,14-15H,1-2,5-6H2. The van der Waals surface area contributed by atoms with Crippen molar-refractivity contribution in [3.8, 4) is 0 Å². The maximum atomic E-state index is 9.26. The Balaban J connectivity index is 2.36. The first-order valence-corrected chi connectivity index (χ1v) is 5.47. The highest BCUT2D eigenvalue weighted by atomic mass is 35.5. The van der Waals surface area contributed by atoms with Crippen LogP contribution in [-0.4, -0.2) is 30.3 Å². The maximum Gasteiger partial charge on any atom is 0.490 e. The summed E-state index contributed by atoms with van der Waals surface area (Å²) >= 11 is 5.83. The van der Waals surface area contributed by atoms with E-state index in [2.05, 4.69) is 4.90 Å². The average Bonchev–Trinajstić information content (AvgIpc) is 2.70. The number of nitrogens with zero attached hydrogens (tertiary/aromatic N) is 1. The molecule has 1 saturated heterocycles. The third kappa shape index (κ3) is 2.28. The minimum absolute atomic E-state index is 0.490. The smallest absolute Gasteiger partial charge is 0.423 e. The quantitative estimate of drug-likeness (QED) is 0.725. The largest absolute Gasteiger partial charge is 0.490 e. The van der Waals surface area contributed by atoms with E-state index >= 15 is 0 Å². The average molecular weight is 225 g/mol. The van der Waals surface area contributed by atoms with Gasteiger partial charge in [-0.05, 0) is 31.0 Å². The molecule has 0 amide bonds. The summed E-state index contributed by atoms with van der Waals surface area (Å²) in [6.45, 7) is 1.95. The predicted octanol–water partition coefficient (Wildman–Crippen LogP) is 0.620. The number of hydrogen-bond acceptors (Lipinski definition) is 3. The third-order valence-electron chi connectivity index (χ3n) is 2.71. The normalized spacial score (nSPS) is 15.8. The van der Waals surface area contributed by atoms with Crippen molar-refractivity contribution < 1.29 is 10.0 Å². The molecule has 2 N–H and O–H groups in total. The summed E-state index contributed by atoms with van der Waals surface area (Å²) in [5.74, 6) is 0. The lowest BCUT2D eigenvalue weighted by Gasteiger charge is -2.21. The van der Waals surface area contributed by atoms with Gasteiger partial charge in [0, 0.05) is 29.3 Å². The summed E-state index contributed by atoms with van der Waals surface area (Å²) in [6, 6.07) is 5.24. The summed E-state index contributed by atoms with van der Waals surface area (Å²) in [5, 5.41) is 19.0. The molecule has 1 aromatic rings. The molecule has 0 unspecified atom stereocenters. The van der Waals surface area contributed by atoms with Crippen LogP contribution in [0.5, 0.6) is 0 Å². The zero-order valence-corrected chi connectivity index (χ0v) is 9.11. The van der Waals surface area contributed by atoms with E-state index < -0.39 is 7.12 Å². The highest BCUT2D eigenvalue weighted by Crippen LogP contribution is 2.20. The molecule has 1 aromatic carbocycles. The fourth-order valence-corrected chi connectivity index (χ4v) is 2.16. The molecule has 80 valence electrons. The van der Waals surface area contributed by atoms with Gasteiger partial charge in [0.05, 0.1) is 0 Å². The van der Waals surface area contributed by atoms with Gasteiger partial charge < -0.3 is 14.9 Å². The summed E-state index contributed by atoms with van der Waals surface area (Å²) in [7, 11) is -1.46. The molecule has 1 aliphatic rings. The van der Waals surface area contributed by atoms with E-state index in [1.807, 2.05) is 6.07 Å². The summed E-state index contributed by atoms with van der Waals surface area (Å²) in [6.07, 6.45) is 2.31. The molecule has 0 spiro atoms. The van der Waals surface area contributed by atoms with Crippen LogP contribution in [0.15, 0.2) is 18.2 Å². The molecule has 0 aliphatic carbocycles. The van der Waals surface area contributed by atoms with Gasteiger partial charge in [0.15, 0.2) is 0 Å². The molecule has 1 aliphatic heterocycles. The second kappa shape index (κ2) is 4.43. The molecular weight excluding hydrogens is 212 g/mol. The van der Waals surface area contributed by atoms with Crippen LogP contribution in [0.4, 0.5) is 5.69 Å². The molecule has 5 heteroatoms. The van der Waals surface area contributed by atoms with Crippen LogP contribution in [0, 0.1) is 0 Å². The second-order valence-corrected chi connectivity index (χ2v) is 4.21. The van der Waals surface area contributed by atoms with Gasteiger partial charge in [-0.3, -0.25) is 0 Å². The molecule has 3 nitrogen and oxygen atoms in total. The van der Waals surface area contributed by atoms with Crippen molar-refractivity contribution >= 4 is 29.9 Å². The zero-order valence-electron chi connectivity index (χ0n) is 8.36. The van der Waals surface area contributed by atoms with Crippen molar-refractivity contribution in [2.24, 2.45) is 0 Å². The monoisotopic (exact) mass is 225 g/mol. The van der Waals surface area contributed by atoms with E-state index in [0.717, 1.165) is 31.6 Å². The molecule has 15 heavy (non-hydrogen) atoms. The number of anilines is 1. The maximum absolute atomic E-state index is 9.26. The van der Waals surface area contributed by atoms with Crippen LogP contribution in [-0.2, 0) is 0 Å². The Hall–Kier alpha value is -0.705. The Morgan fingerprint density at radius 3 is 2.47 bits per heavy atom. The van der Waals surface area contributed by atoms with Gasteiger partial charge in [0.25, 0.3) is 0 Å². The Labute approximate surface area is 94.4 Å². The second-order valence-electron chi connectivity index (χ2n) is 3.77. The SMILES string of the molecule is OB(O)c1cc(Cl)ccc1N1CCCC1. The topological polar surface area (TPSA) is 43.7 Å². The van der Waals surface area contributed by atoms with Crippen molar-refractivity contribution in [1.29, 1.82) is 0 Å². The fourth-order valence-electron chi connectivity index (χ4n) is 1.98. The van der Waals surface area contributed by atoms with Gasteiger partial charge in [-0.25, -0.2) is 0 Å². The first kappa shape index (κ1) is 10.8. The molecule has 0 bridgehead atoms. The molecule has 0 radical (unpaired) electrons. The Kier molecular flexibility index (Phi) is 3.19. The van der Waals surface area contributed by atoms with Crippen molar-refractivity contribution in [1.82, 2.24) is 0 Å². The van der Waals surface area contributed by atoms with Gasteiger partial charge in [0.1, 0.15) is 0 Å². The van der Waals surface area contributed by atoms with Crippen LogP contribution >= 0.6 is 11.6 Å². The van der Waals surface area contributed by atoms with Crippen LogP contribution < -0.4 is 10.4 Å². The molecule has 1 heterocycles. The van der Waals surface area contributed by atoms with E-state index in [0.29, 0.717) is 10.5 Å². The van der Waals surface area contributed by atoms with E-state index in [1.54, 1.807) is 12.1 Å². The van der Waals surface area contributed by atoms with Crippen LogP contribution in [0.25, 0.3) is 0 Å². The first-order chi connectivity index (χ1) is 7.18. The molecule has 2 rings (SSSR count). The Morgan fingerprint density at radius 1 is 1.20 bits per heavy atom. The lowest BCUT2D eigenvalue weighted by molar-refractivity contribution is 0.426. The summed E-state index contributed by atoms with van der Waals surface area (Å²) in [5.41, 5.74) is 1.37. The van der Waals surface area contributed by atoms with E-state index in [4.69, 9.17) is 11.6 Å². The van der Waals surface area contributed by atoms with Gasteiger partial charge >= 0.3 is 7.12 Å². The van der Waals surface area contributed by atoms with Gasteiger partial charge in [-0.2, -0.15) is 0 Å². The number of rotatable bonds is 2. The van der Waals surface area contributed by atoms with Crippen LogP contribution in [0.1, 0.15) is 12.8 Å². The fraction of sp³-hybridized carbons (Fsp3) is 0.400. The minimum atomic E-state index is -1.46. The Bertz CT molecular complexity index is 353. The van der Waals surface area contributed by atoms with Crippen LogP contribution in [0.3, 0.4) is 0 Å². The van der Waals surface area contributed by atoms with E-state index in [-0.39, 0.29) is 0 Å². The number of halogens is 1. The van der Waals surface area contributed by atoms with Crippen molar-refractivity contribution in [2.45, 2.75) is 12.8 Å². The number of hydrogen-bond donors (Lipinski definition) is 2. The molecule has 0 saturated carbocycles. The van der Waals surface area contributed by atoms with Crippen molar-refractivity contribution in [3.05, 3.63) is 23.2 Å². The third-order valence-corrected chi connectivity index (χ3v) is 2.95. The Morgan fingerprint density at radius 2 is 1.87 bits per heavy atom. The lowest BCUT2D eigenvalue weighted by Crippen LogP contribution is -2.36.